The summed E-state index contributed by atoms with van der Waals surface area (Å²) in [5.41, 5.74) is 2.40. The number of nitrogens with zero attached hydrogens (tertiary/aromatic N) is 1. The minimum absolute atomic E-state index is 0.0124. The van der Waals surface area contributed by atoms with Gasteiger partial charge in [0.1, 0.15) is 0 Å². The van der Waals surface area contributed by atoms with Gasteiger partial charge in [0.15, 0.2) is 11.5 Å². The molecule has 1 fully saturated rings. The minimum Gasteiger partial charge on any atom is -0.493 e. The number of thiophene rings is 1. The SMILES string of the molecule is COc1cc2c(cc1OC)C(c1cccs1)N(C(=O)C1CC1)CC2. The maximum absolute atomic E-state index is 12.8. The Morgan fingerprint density at radius 3 is 2.58 bits per heavy atom. The summed E-state index contributed by atoms with van der Waals surface area (Å²) in [5.74, 6) is 2.00. The molecule has 0 spiro atoms. The Balaban J connectivity index is 1.82. The molecule has 1 unspecified atom stereocenters. The summed E-state index contributed by atoms with van der Waals surface area (Å²) in [6, 6.07) is 8.27. The quantitative estimate of drug-likeness (QED) is 0.850. The van der Waals surface area contributed by atoms with Crippen molar-refractivity contribution < 1.29 is 14.3 Å². The third-order valence-corrected chi connectivity index (χ3v) is 5.82. The van der Waals surface area contributed by atoms with Crippen molar-refractivity contribution >= 4 is 17.2 Å². The average Bonchev–Trinajstić information content (AvgIpc) is 3.33. The molecule has 2 aromatic rings. The van der Waals surface area contributed by atoms with Crippen LogP contribution in [0.15, 0.2) is 29.6 Å². The largest absolute Gasteiger partial charge is 0.493 e. The van der Waals surface area contributed by atoms with Gasteiger partial charge in [-0.25, -0.2) is 0 Å². The molecule has 0 bridgehead atoms. The van der Waals surface area contributed by atoms with Crippen LogP contribution in [0.25, 0.3) is 0 Å². The highest BCUT2D eigenvalue weighted by Gasteiger charge is 2.40. The molecule has 4 rings (SSSR count). The number of rotatable bonds is 4. The predicted molar refractivity (Wildman–Crippen MR) is 93.8 cm³/mol. The first-order valence-electron chi connectivity index (χ1n) is 8.31. The van der Waals surface area contributed by atoms with Gasteiger partial charge < -0.3 is 14.4 Å². The van der Waals surface area contributed by atoms with Crippen molar-refractivity contribution in [2.24, 2.45) is 5.92 Å². The third-order valence-electron chi connectivity index (χ3n) is 4.90. The highest BCUT2D eigenvalue weighted by atomic mass is 32.1. The van der Waals surface area contributed by atoms with Crippen molar-refractivity contribution in [3.8, 4) is 11.5 Å². The average molecular weight is 343 g/mol. The van der Waals surface area contributed by atoms with Gasteiger partial charge in [-0.15, -0.1) is 11.3 Å². The summed E-state index contributed by atoms with van der Waals surface area (Å²) in [5, 5.41) is 2.07. The van der Waals surface area contributed by atoms with Crippen molar-refractivity contribution in [3.05, 3.63) is 45.6 Å². The Hall–Kier alpha value is -2.01. The minimum atomic E-state index is -0.0124. The number of carbonyl (C=O) groups excluding carboxylic acids is 1. The Morgan fingerprint density at radius 1 is 1.21 bits per heavy atom. The van der Waals surface area contributed by atoms with E-state index in [1.807, 2.05) is 6.07 Å². The van der Waals surface area contributed by atoms with Crippen LogP contribution in [0.1, 0.15) is 34.9 Å². The van der Waals surface area contributed by atoms with Crippen LogP contribution in [0.4, 0.5) is 0 Å². The number of fused-ring (bicyclic) bond motifs is 1. The molecule has 1 aromatic carbocycles. The number of benzene rings is 1. The molecule has 1 amide bonds. The van der Waals surface area contributed by atoms with Gasteiger partial charge in [-0.1, -0.05) is 6.07 Å². The lowest BCUT2D eigenvalue weighted by molar-refractivity contribution is -0.134. The van der Waals surface area contributed by atoms with Crippen LogP contribution in [0, 0.1) is 5.92 Å². The second kappa shape index (κ2) is 6.13. The van der Waals surface area contributed by atoms with E-state index in [4.69, 9.17) is 9.47 Å². The van der Waals surface area contributed by atoms with Crippen molar-refractivity contribution in [3.63, 3.8) is 0 Å². The van der Waals surface area contributed by atoms with Crippen LogP contribution in [-0.2, 0) is 11.2 Å². The monoisotopic (exact) mass is 343 g/mol. The zero-order valence-corrected chi connectivity index (χ0v) is 14.8. The molecule has 126 valence electrons. The molecule has 1 aliphatic heterocycles. The molecule has 1 atom stereocenters. The standard InChI is InChI=1S/C19H21NO3S/c1-22-15-10-13-7-8-20(19(21)12-5-6-12)18(17-4-3-9-24-17)14(13)11-16(15)23-2/h3-4,9-12,18H,5-8H2,1-2H3. The van der Waals surface area contributed by atoms with Gasteiger partial charge >= 0.3 is 0 Å². The second-order valence-corrected chi connectivity index (χ2v) is 7.36. The zero-order valence-electron chi connectivity index (χ0n) is 14.0. The Morgan fingerprint density at radius 2 is 1.96 bits per heavy atom. The van der Waals surface area contributed by atoms with Gasteiger partial charge in [0, 0.05) is 17.3 Å². The summed E-state index contributed by atoms with van der Waals surface area (Å²) in [4.78, 5) is 16.1. The fourth-order valence-electron chi connectivity index (χ4n) is 3.50. The van der Waals surface area contributed by atoms with E-state index in [9.17, 15) is 4.79 Å². The first-order chi connectivity index (χ1) is 11.7. The van der Waals surface area contributed by atoms with Crippen LogP contribution in [0.3, 0.4) is 0 Å². The number of methoxy groups -OCH3 is 2. The molecule has 0 radical (unpaired) electrons. The molecule has 0 N–H and O–H groups in total. The molecule has 24 heavy (non-hydrogen) atoms. The maximum Gasteiger partial charge on any atom is 0.226 e. The van der Waals surface area contributed by atoms with Crippen LogP contribution in [0.5, 0.6) is 11.5 Å². The van der Waals surface area contributed by atoms with Gasteiger partial charge in [-0.3, -0.25) is 4.79 Å². The van der Waals surface area contributed by atoms with E-state index < -0.39 is 0 Å². The normalized spacial score (nSPS) is 19.8. The van der Waals surface area contributed by atoms with Crippen LogP contribution >= 0.6 is 11.3 Å². The lowest BCUT2D eigenvalue weighted by Gasteiger charge is -2.37. The Labute approximate surface area is 146 Å². The summed E-state index contributed by atoms with van der Waals surface area (Å²) >= 11 is 1.70. The van der Waals surface area contributed by atoms with Crippen molar-refractivity contribution in [2.75, 3.05) is 20.8 Å². The highest BCUT2D eigenvalue weighted by molar-refractivity contribution is 7.10. The number of hydrogen-bond donors (Lipinski definition) is 0. The predicted octanol–water partition coefficient (Wildman–Crippen LogP) is 3.65. The number of amides is 1. The van der Waals surface area contributed by atoms with E-state index >= 15 is 0 Å². The maximum atomic E-state index is 12.8. The number of ether oxygens (including phenoxy) is 2. The van der Waals surface area contributed by atoms with Crippen molar-refractivity contribution in [1.29, 1.82) is 0 Å². The van der Waals surface area contributed by atoms with E-state index in [0.717, 1.165) is 42.9 Å². The summed E-state index contributed by atoms with van der Waals surface area (Å²) in [6.45, 7) is 0.764. The highest BCUT2D eigenvalue weighted by Crippen LogP contribution is 2.44. The second-order valence-electron chi connectivity index (χ2n) is 6.38. The van der Waals surface area contributed by atoms with Gasteiger partial charge in [0.2, 0.25) is 5.91 Å². The van der Waals surface area contributed by atoms with Crippen molar-refractivity contribution in [1.82, 2.24) is 4.90 Å². The van der Waals surface area contributed by atoms with E-state index in [-0.39, 0.29) is 12.0 Å². The molecule has 1 saturated carbocycles. The van der Waals surface area contributed by atoms with Crippen LogP contribution in [-0.4, -0.2) is 31.6 Å². The lowest BCUT2D eigenvalue weighted by atomic mass is 9.90. The summed E-state index contributed by atoms with van der Waals surface area (Å²) < 4.78 is 10.9. The number of carbonyl (C=O) groups is 1. The Kier molecular flexibility index (Phi) is 3.96. The molecular weight excluding hydrogens is 322 g/mol. The van der Waals surface area contributed by atoms with E-state index in [1.54, 1.807) is 25.6 Å². The topological polar surface area (TPSA) is 38.8 Å². The van der Waals surface area contributed by atoms with Crippen LogP contribution < -0.4 is 9.47 Å². The fraction of sp³-hybridized carbons (Fsp3) is 0.421. The van der Waals surface area contributed by atoms with Gasteiger partial charge in [-0.05, 0) is 54.0 Å². The third kappa shape index (κ3) is 2.57. The summed E-state index contributed by atoms with van der Waals surface area (Å²) in [7, 11) is 3.31. The fourth-order valence-corrected chi connectivity index (χ4v) is 4.36. The smallest absolute Gasteiger partial charge is 0.226 e. The molecule has 2 aliphatic rings. The molecule has 5 heteroatoms. The van der Waals surface area contributed by atoms with Gasteiger partial charge in [0.05, 0.1) is 20.3 Å². The zero-order chi connectivity index (χ0) is 16.7. The van der Waals surface area contributed by atoms with E-state index in [0.29, 0.717) is 5.91 Å². The molecule has 0 saturated heterocycles. The van der Waals surface area contributed by atoms with Crippen LogP contribution in [0.2, 0.25) is 0 Å². The van der Waals surface area contributed by atoms with E-state index in [1.165, 1.54) is 10.4 Å². The van der Waals surface area contributed by atoms with Crippen molar-refractivity contribution in [2.45, 2.75) is 25.3 Å². The van der Waals surface area contributed by atoms with E-state index in [2.05, 4.69) is 28.5 Å². The van der Waals surface area contributed by atoms with Gasteiger partial charge in [-0.2, -0.15) is 0 Å². The molecule has 2 heterocycles. The molecule has 1 aliphatic carbocycles. The first kappa shape index (κ1) is 15.5. The number of hydrogen-bond acceptors (Lipinski definition) is 4. The summed E-state index contributed by atoms with van der Waals surface area (Å²) in [6.07, 6.45) is 2.92. The molecular formula is C19H21NO3S. The molecule has 1 aromatic heterocycles. The first-order valence-corrected chi connectivity index (χ1v) is 9.19. The molecule has 4 nitrogen and oxygen atoms in total. The lowest BCUT2D eigenvalue weighted by Crippen LogP contribution is -2.41. The Bertz CT molecular complexity index is 752. The van der Waals surface area contributed by atoms with Gasteiger partial charge in [0.25, 0.3) is 0 Å².